The Balaban J connectivity index is 1.29. The maximum Gasteiger partial charge on any atom is 0.312 e. The number of ether oxygens (including phenoxy) is 1. The van der Waals surface area contributed by atoms with Gasteiger partial charge in [0, 0.05) is 15.9 Å². The van der Waals surface area contributed by atoms with Crippen molar-refractivity contribution in [3.63, 3.8) is 0 Å². The Kier molecular flexibility index (Phi) is 4.39. The predicted molar refractivity (Wildman–Crippen MR) is 114 cm³/mol. The van der Waals surface area contributed by atoms with Crippen molar-refractivity contribution in [2.24, 2.45) is 17.3 Å². The van der Waals surface area contributed by atoms with E-state index in [9.17, 15) is 9.59 Å². The first-order valence-corrected chi connectivity index (χ1v) is 10.9. The van der Waals surface area contributed by atoms with Gasteiger partial charge in [0.1, 0.15) is 0 Å². The van der Waals surface area contributed by atoms with E-state index in [-0.39, 0.29) is 16.8 Å². The van der Waals surface area contributed by atoms with E-state index < -0.39 is 11.5 Å². The molecule has 4 saturated carbocycles. The summed E-state index contributed by atoms with van der Waals surface area (Å²) in [6.45, 7) is 1.65. The summed E-state index contributed by atoms with van der Waals surface area (Å²) in [7, 11) is 0. The third kappa shape index (κ3) is 3.31. The van der Waals surface area contributed by atoms with Crippen molar-refractivity contribution < 1.29 is 14.3 Å². The molecule has 4 fully saturated rings. The molecule has 1 N–H and O–H groups in total. The Hall–Kier alpha value is -2.07. The zero-order valence-electron chi connectivity index (χ0n) is 16.6. The van der Waals surface area contributed by atoms with E-state index in [0.29, 0.717) is 18.3 Å². The van der Waals surface area contributed by atoms with Crippen LogP contribution in [0.1, 0.15) is 45.4 Å². The van der Waals surface area contributed by atoms with Gasteiger partial charge >= 0.3 is 5.97 Å². The van der Waals surface area contributed by atoms with Crippen molar-refractivity contribution in [2.45, 2.75) is 56.4 Å². The number of benzene rings is 2. The van der Waals surface area contributed by atoms with Gasteiger partial charge in [-0.3, -0.25) is 9.59 Å². The lowest BCUT2D eigenvalue weighted by molar-refractivity contribution is -0.176. The van der Waals surface area contributed by atoms with E-state index in [0.717, 1.165) is 42.1 Å². The molecule has 5 heteroatoms. The number of nitrogens with one attached hydrogen (secondary N) is 1. The molecule has 4 aliphatic carbocycles. The number of halogens is 1. The van der Waals surface area contributed by atoms with E-state index in [1.54, 1.807) is 6.92 Å². The molecule has 0 saturated heterocycles. The molecule has 4 nitrogen and oxygen atoms in total. The lowest BCUT2D eigenvalue weighted by Gasteiger charge is -2.58. The largest absolute Gasteiger partial charge is 0.452 e. The van der Waals surface area contributed by atoms with Crippen molar-refractivity contribution >= 4 is 39.9 Å². The van der Waals surface area contributed by atoms with Crippen molar-refractivity contribution in [1.29, 1.82) is 0 Å². The van der Waals surface area contributed by atoms with Gasteiger partial charge in [-0.2, -0.15) is 0 Å². The summed E-state index contributed by atoms with van der Waals surface area (Å²) in [5.74, 6) is 0.486. The average Bonchev–Trinajstić information content (AvgIpc) is 2.66. The number of amides is 1. The van der Waals surface area contributed by atoms with Gasteiger partial charge in [0.15, 0.2) is 6.10 Å². The Morgan fingerprint density at radius 2 is 1.76 bits per heavy atom. The van der Waals surface area contributed by atoms with Crippen LogP contribution in [0.15, 0.2) is 42.5 Å². The summed E-state index contributed by atoms with van der Waals surface area (Å²) in [6, 6.07) is 13.7. The molecule has 5 atom stereocenters. The number of carbonyl (C=O) groups excluding carboxylic acids is 2. The number of hydrogen-bond donors (Lipinski definition) is 1. The highest BCUT2D eigenvalue weighted by Crippen LogP contribution is 2.64. The first-order chi connectivity index (χ1) is 13.9. The number of alkyl halides is 1. The van der Waals surface area contributed by atoms with E-state index in [4.69, 9.17) is 16.3 Å². The van der Waals surface area contributed by atoms with Crippen LogP contribution in [0.5, 0.6) is 0 Å². The second-order valence-corrected chi connectivity index (χ2v) is 10.3. The fourth-order valence-electron chi connectivity index (χ4n) is 6.30. The lowest BCUT2D eigenvalue weighted by atomic mass is 9.49. The second-order valence-electron chi connectivity index (χ2n) is 9.46. The Morgan fingerprint density at radius 1 is 1.07 bits per heavy atom. The Labute approximate surface area is 175 Å². The summed E-state index contributed by atoms with van der Waals surface area (Å²) in [5, 5.41) is 4.95. The van der Waals surface area contributed by atoms with Crippen LogP contribution in [0.25, 0.3) is 10.8 Å². The number of rotatable bonds is 4. The van der Waals surface area contributed by atoms with Crippen molar-refractivity contribution in [2.75, 3.05) is 5.32 Å². The number of carbonyl (C=O) groups is 2. The third-order valence-corrected chi connectivity index (χ3v) is 7.57. The topological polar surface area (TPSA) is 55.4 Å². The molecular formula is C24H26ClNO3. The van der Waals surface area contributed by atoms with Gasteiger partial charge in [0.2, 0.25) is 0 Å². The normalized spacial score (nSPS) is 33.4. The van der Waals surface area contributed by atoms with Crippen molar-refractivity contribution in [3.8, 4) is 0 Å². The lowest BCUT2D eigenvalue weighted by Crippen LogP contribution is -2.57. The van der Waals surface area contributed by atoms with Gasteiger partial charge in [-0.05, 0) is 68.7 Å². The number of hydrogen-bond acceptors (Lipinski definition) is 3. The molecule has 2 aromatic rings. The summed E-state index contributed by atoms with van der Waals surface area (Å²) >= 11 is 6.84. The van der Waals surface area contributed by atoms with Gasteiger partial charge in [0.05, 0.1) is 5.41 Å². The van der Waals surface area contributed by atoms with Gasteiger partial charge in [-0.25, -0.2) is 0 Å². The molecule has 2 aromatic carbocycles. The molecule has 0 spiro atoms. The minimum Gasteiger partial charge on any atom is -0.452 e. The van der Waals surface area contributed by atoms with Crippen molar-refractivity contribution in [1.82, 2.24) is 0 Å². The summed E-state index contributed by atoms with van der Waals surface area (Å²) in [4.78, 5) is 25.7. The first kappa shape index (κ1) is 18.9. The zero-order chi connectivity index (χ0) is 20.2. The maximum atomic E-state index is 13.2. The minimum absolute atomic E-state index is 0.239. The summed E-state index contributed by atoms with van der Waals surface area (Å²) < 4.78 is 5.72. The van der Waals surface area contributed by atoms with Gasteiger partial charge in [-0.15, -0.1) is 11.6 Å². The third-order valence-electron chi connectivity index (χ3n) is 7.12. The fraction of sp³-hybridized carbons (Fsp3) is 0.500. The molecule has 2 unspecified atom stereocenters. The van der Waals surface area contributed by atoms with Crippen LogP contribution in [-0.4, -0.2) is 22.9 Å². The van der Waals surface area contributed by atoms with Crippen molar-refractivity contribution in [3.05, 3.63) is 42.5 Å². The molecule has 4 aliphatic rings. The SMILES string of the molecule is C[C@H](OC(=O)C12C[C@@H]3C[C@@H](CC(Cl)(C3)C1)C2)C(=O)Nc1cccc2ccccc12. The predicted octanol–water partition coefficient (Wildman–Crippen LogP) is 5.29. The van der Waals surface area contributed by atoms with Crippen LogP contribution < -0.4 is 5.32 Å². The van der Waals surface area contributed by atoms with Crippen LogP contribution in [0.2, 0.25) is 0 Å². The van der Waals surface area contributed by atoms with Crippen LogP contribution in [0, 0.1) is 17.3 Å². The van der Waals surface area contributed by atoms with Crippen LogP contribution >= 0.6 is 11.6 Å². The molecule has 29 heavy (non-hydrogen) atoms. The van der Waals surface area contributed by atoms with E-state index in [2.05, 4.69) is 5.32 Å². The van der Waals surface area contributed by atoms with Gasteiger partial charge < -0.3 is 10.1 Å². The molecular weight excluding hydrogens is 386 g/mol. The second kappa shape index (κ2) is 6.73. The minimum atomic E-state index is -0.847. The maximum absolute atomic E-state index is 13.2. The standard InChI is InChI=1S/C24H26ClNO3/c1-15(21(27)26-20-8-4-6-18-5-2-3-7-19(18)20)29-22(28)23-10-16-9-17(11-23)13-24(25,12-16)14-23/h2-8,15-17H,9-14H2,1H3,(H,26,27)/t15-,16-,17+,23?,24?/m0/s1. The fourth-order valence-corrected chi connectivity index (χ4v) is 6.99. The molecule has 6 rings (SSSR count). The van der Waals surface area contributed by atoms with E-state index in [1.807, 2.05) is 42.5 Å². The highest BCUT2D eigenvalue weighted by atomic mass is 35.5. The molecule has 152 valence electrons. The average molecular weight is 412 g/mol. The first-order valence-electron chi connectivity index (χ1n) is 10.5. The molecule has 1 amide bonds. The number of esters is 1. The molecule has 0 aliphatic heterocycles. The monoisotopic (exact) mass is 411 g/mol. The molecule has 0 heterocycles. The Morgan fingerprint density at radius 3 is 2.48 bits per heavy atom. The molecule has 0 aromatic heterocycles. The van der Waals surface area contributed by atoms with E-state index in [1.165, 1.54) is 6.42 Å². The molecule has 4 bridgehead atoms. The summed E-state index contributed by atoms with van der Waals surface area (Å²) in [6.07, 6.45) is 4.75. The van der Waals surface area contributed by atoms with E-state index >= 15 is 0 Å². The quantitative estimate of drug-likeness (QED) is 0.549. The van der Waals surface area contributed by atoms with Gasteiger partial charge in [0.25, 0.3) is 5.91 Å². The smallest absolute Gasteiger partial charge is 0.312 e. The molecule has 0 radical (unpaired) electrons. The van der Waals surface area contributed by atoms with Gasteiger partial charge in [-0.1, -0.05) is 36.4 Å². The number of anilines is 1. The highest BCUT2D eigenvalue weighted by Gasteiger charge is 2.61. The highest BCUT2D eigenvalue weighted by molar-refractivity contribution is 6.24. The zero-order valence-corrected chi connectivity index (χ0v) is 17.4. The van der Waals surface area contributed by atoms with Crippen LogP contribution in [0.4, 0.5) is 5.69 Å². The van der Waals surface area contributed by atoms with Crippen LogP contribution in [-0.2, 0) is 14.3 Å². The summed E-state index contributed by atoms with van der Waals surface area (Å²) in [5.41, 5.74) is 0.227. The number of fused-ring (bicyclic) bond motifs is 1. The Bertz CT molecular complexity index is 968. The van der Waals surface area contributed by atoms with Crippen LogP contribution in [0.3, 0.4) is 0 Å².